The van der Waals surface area contributed by atoms with E-state index in [4.69, 9.17) is 16.4 Å². The van der Waals surface area contributed by atoms with Gasteiger partial charge in [-0.05, 0) is 18.9 Å². The van der Waals surface area contributed by atoms with Crippen molar-refractivity contribution in [1.29, 1.82) is 0 Å². The van der Waals surface area contributed by atoms with E-state index in [-0.39, 0.29) is 23.4 Å². The number of hydrogen-bond donors (Lipinski definition) is 0. The molecule has 1 aromatic rings. The van der Waals surface area contributed by atoms with Gasteiger partial charge in [0.15, 0.2) is 11.5 Å². The summed E-state index contributed by atoms with van der Waals surface area (Å²) in [7, 11) is 0. The van der Waals surface area contributed by atoms with E-state index in [1.165, 1.54) is 154 Å². The Morgan fingerprint density at radius 1 is 0.447 bits per heavy atom. The van der Waals surface area contributed by atoms with E-state index in [0.717, 1.165) is 38.5 Å². The van der Waals surface area contributed by atoms with Gasteiger partial charge in [-0.1, -0.05) is 206 Å². The summed E-state index contributed by atoms with van der Waals surface area (Å²) in [5.41, 5.74) is 0.312. The Kier molecular flexibility index (Phi) is 30.0. The molecule has 0 bridgehead atoms. The van der Waals surface area contributed by atoms with Crippen LogP contribution in [0.15, 0.2) is 18.2 Å². The van der Waals surface area contributed by atoms with Crippen molar-refractivity contribution in [2.75, 3.05) is 0 Å². The molecule has 4 nitrogen and oxygen atoms in total. The molecule has 4 heteroatoms. The lowest BCUT2D eigenvalue weighted by Crippen LogP contribution is -2.12. The fourth-order valence-electron chi connectivity index (χ4n) is 6.34. The molecule has 47 heavy (non-hydrogen) atoms. The zero-order valence-electron chi connectivity index (χ0n) is 31.1. The lowest BCUT2D eigenvalue weighted by Gasteiger charge is -2.13. The largest absolute Gasteiger partial charge is 0.423 e. The summed E-state index contributed by atoms with van der Waals surface area (Å²) >= 11 is 0. The fraction of sp³-hybridized carbons (Fsp3) is 0.791. The normalized spacial score (nSPS) is 11.2. The summed E-state index contributed by atoms with van der Waals surface area (Å²) in [6.45, 7) is 10.6. The van der Waals surface area contributed by atoms with Gasteiger partial charge in [-0.15, -0.1) is 0 Å². The smallest absolute Gasteiger partial charge is 0.311 e. The second-order valence-electron chi connectivity index (χ2n) is 14.0. The van der Waals surface area contributed by atoms with Crippen molar-refractivity contribution < 1.29 is 19.1 Å². The number of rotatable bonds is 34. The second-order valence-corrected chi connectivity index (χ2v) is 14.0. The topological polar surface area (TPSA) is 52.6 Å². The summed E-state index contributed by atoms with van der Waals surface area (Å²) in [6, 6.07) is 5.04. The maximum absolute atomic E-state index is 12.5. The Morgan fingerprint density at radius 3 is 1.09 bits per heavy atom. The molecular formula is C43H74O4. The van der Waals surface area contributed by atoms with Crippen LogP contribution in [0.3, 0.4) is 0 Å². The van der Waals surface area contributed by atoms with Gasteiger partial charge >= 0.3 is 11.9 Å². The van der Waals surface area contributed by atoms with Crippen molar-refractivity contribution >= 4 is 11.9 Å². The standard InChI is InChI=1S/C43H74O4/c1-4-6-8-10-12-14-16-18-20-22-24-26-28-30-32-37-41(44)46-40-36-34-35-39(3)43(40)47-42(45)38-33-31-29-27-25-23-21-19-17-15-13-11-9-7-5-2/h3,34-36H,4-33,37-38H2,1-2H3. The molecule has 1 rings (SSSR count). The van der Waals surface area contributed by atoms with Crippen LogP contribution in [-0.4, -0.2) is 11.9 Å². The SMILES string of the molecule is [CH]c1cccc(OC(=O)CCCCCCCCCCCCCCCCC)c1OC(=O)CCCCCCCCCCCCCCCCC. The summed E-state index contributed by atoms with van der Waals surface area (Å²) in [5, 5.41) is 0. The van der Waals surface area contributed by atoms with E-state index in [0.29, 0.717) is 18.4 Å². The van der Waals surface area contributed by atoms with Crippen LogP contribution in [-0.2, 0) is 9.59 Å². The van der Waals surface area contributed by atoms with Crippen LogP contribution in [0.4, 0.5) is 0 Å². The molecule has 0 N–H and O–H groups in total. The highest BCUT2D eigenvalue weighted by atomic mass is 16.6. The summed E-state index contributed by atoms with van der Waals surface area (Å²) < 4.78 is 11.2. The highest BCUT2D eigenvalue weighted by molar-refractivity contribution is 5.77. The van der Waals surface area contributed by atoms with E-state index in [2.05, 4.69) is 13.8 Å². The minimum Gasteiger partial charge on any atom is -0.423 e. The van der Waals surface area contributed by atoms with Crippen LogP contribution >= 0.6 is 0 Å². The number of para-hydroxylation sites is 1. The first-order chi connectivity index (χ1) is 23.1. The number of carbonyl (C=O) groups is 2. The molecule has 2 radical (unpaired) electrons. The molecular weight excluding hydrogens is 580 g/mol. The van der Waals surface area contributed by atoms with E-state index in [9.17, 15) is 9.59 Å². The van der Waals surface area contributed by atoms with Gasteiger partial charge in [-0.3, -0.25) is 9.59 Å². The molecule has 0 aliphatic rings. The fourth-order valence-corrected chi connectivity index (χ4v) is 6.34. The first-order valence-corrected chi connectivity index (χ1v) is 20.4. The van der Waals surface area contributed by atoms with Gasteiger partial charge in [0.05, 0.1) is 0 Å². The molecule has 0 spiro atoms. The van der Waals surface area contributed by atoms with E-state index < -0.39 is 0 Å². The van der Waals surface area contributed by atoms with E-state index in [1.54, 1.807) is 18.2 Å². The third-order valence-corrected chi connectivity index (χ3v) is 9.42. The lowest BCUT2D eigenvalue weighted by atomic mass is 10.0. The number of benzene rings is 1. The van der Waals surface area contributed by atoms with Crippen LogP contribution in [0.2, 0.25) is 0 Å². The van der Waals surface area contributed by atoms with Crippen LogP contribution in [0.25, 0.3) is 0 Å². The van der Waals surface area contributed by atoms with Crippen LogP contribution in [0, 0.1) is 6.92 Å². The average Bonchev–Trinajstić information content (AvgIpc) is 3.06. The predicted octanol–water partition coefficient (Wildman–Crippen LogP) is 14.1. The molecule has 0 aliphatic carbocycles. The minimum atomic E-state index is -0.322. The molecule has 0 fully saturated rings. The molecule has 0 saturated heterocycles. The van der Waals surface area contributed by atoms with E-state index in [1.807, 2.05) is 0 Å². The molecule has 0 heterocycles. The van der Waals surface area contributed by atoms with Crippen molar-refractivity contribution in [3.05, 3.63) is 30.7 Å². The number of carbonyl (C=O) groups excluding carboxylic acids is 2. The number of unbranched alkanes of at least 4 members (excludes halogenated alkanes) is 28. The quantitative estimate of drug-likeness (QED) is 0.0421. The molecule has 0 aliphatic heterocycles. The maximum Gasteiger partial charge on any atom is 0.311 e. The Hall–Kier alpha value is -1.84. The van der Waals surface area contributed by atoms with Gasteiger partial charge in [-0.25, -0.2) is 0 Å². The third-order valence-electron chi connectivity index (χ3n) is 9.42. The Morgan fingerprint density at radius 2 is 0.745 bits per heavy atom. The second kappa shape index (κ2) is 32.7. The molecule has 1 aromatic carbocycles. The van der Waals surface area contributed by atoms with Crippen molar-refractivity contribution in [3.8, 4) is 11.5 Å². The summed E-state index contributed by atoms with van der Waals surface area (Å²) in [6.07, 6.45) is 39.3. The van der Waals surface area contributed by atoms with Crippen molar-refractivity contribution in [2.24, 2.45) is 0 Å². The zero-order valence-corrected chi connectivity index (χ0v) is 31.1. The lowest BCUT2D eigenvalue weighted by molar-refractivity contribution is -0.137. The maximum atomic E-state index is 12.5. The van der Waals surface area contributed by atoms with Gasteiger partial charge in [0, 0.05) is 25.3 Å². The van der Waals surface area contributed by atoms with Crippen LogP contribution in [0.1, 0.15) is 225 Å². The van der Waals surface area contributed by atoms with Crippen molar-refractivity contribution in [3.63, 3.8) is 0 Å². The van der Waals surface area contributed by atoms with Gasteiger partial charge in [0.1, 0.15) is 0 Å². The number of esters is 2. The third kappa shape index (κ3) is 26.8. The molecule has 0 atom stereocenters. The molecule has 0 aromatic heterocycles. The van der Waals surface area contributed by atoms with Gasteiger partial charge in [-0.2, -0.15) is 0 Å². The zero-order chi connectivity index (χ0) is 34.0. The summed E-state index contributed by atoms with van der Waals surface area (Å²) in [4.78, 5) is 25.1. The van der Waals surface area contributed by atoms with Gasteiger partial charge < -0.3 is 9.47 Å². The predicted molar refractivity (Wildman–Crippen MR) is 200 cm³/mol. The molecule has 0 saturated carbocycles. The summed E-state index contributed by atoms with van der Waals surface area (Å²) in [5.74, 6) is -0.216. The Labute approximate surface area is 291 Å². The van der Waals surface area contributed by atoms with Crippen molar-refractivity contribution in [2.45, 2.75) is 219 Å². The van der Waals surface area contributed by atoms with Crippen LogP contribution < -0.4 is 9.47 Å². The highest BCUT2D eigenvalue weighted by Crippen LogP contribution is 2.32. The molecule has 0 amide bonds. The van der Waals surface area contributed by atoms with Gasteiger partial charge in [0.2, 0.25) is 0 Å². The van der Waals surface area contributed by atoms with Crippen LogP contribution in [0.5, 0.6) is 11.5 Å². The van der Waals surface area contributed by atoms with Crippen molar-refractivity contribution in [1.82, 2.24) is 0 Å². The van der Waals surface area contributed by atoms with Gasteiger partial charge in [0.25, 0.3) is 0 Å². The molecule has 0 unspecified atom stereocenters. The monoisotopic (exact) mass is 655 g/mol. The Bertz CT molecular complexity index is 863. The number of ether oxygens (including phenoxy) is 2. The molecule has 270 valence electrons. The number of hydrogen-bond acceptors (Lipinski definition) is 4. The first kappa shape index (κ1) is 43.2. The average molecular weight is 655 g/mol. The minimum absolute atomic E-state index is 0.170. The van der Waals surface area contributed by atoms with E-state index >= 15 is 0 Å². The highest BCUT2D eigenvalue weighted by Gasteiger charge is 2.16. The Balaban J connectivity index is 2.07. The first-order valence-electron chi connectivity index (χ1n) is 20.4.